The van der Waals surface area contributed by atoms with Gasteiger partial charge in [-0.05, 0) is 36.5 Å². The summed E-state index contributed by atoms with van der Waals surface area (Å²) < 4.78 is 13.9. The van der Waals surface area contributed by atoms with Crippen molar-refractivity contribution in [3.8, 4) is 0 Å². The molecule has 4 heteroatoms. The Morgan fingerprint density at radius 2 is 1.94 bits per heavy atom. The van der Waals surface area contributed by atoms with Crippen molar-refractivity contribution in [1.82, 2.24) is 0 Å². The highest BCUT2D eigenvalue weighted by Gasteiger charge is 2.24. The number of rotatable bonds is 2. The zero-order valence-corrected chi connectivity index (χ0v) is 10.7. The van der Waals surface area contributed by atoms with E-state index in [1.807, 2.05) is 4.90 Å². The molecule has 0 amide bonds. The molecule has 1 aliphatic rings. The smallest absolute Gasteiger partial charge is 0.335 e. The summed E-state index contributed by atoms with van der Waals surface area (Å²) in [5, 5.41) is 8.81. The summed E-state index contributed by atoms with van der Waals surface area (Å²) in [6.07, 6.45) is 1.16. The second-order valence-corrected chi connectivity index (χ2v) is 5.32. The van der Waals surface area contributed by atoms with Crippen molar-refractivity contribution < 1.29 is 14.3 Å². The Labute approximate surface area is 106 Å². The summed E-state index contributed by atoms with van der Waals surface area (Å²) in [4.78, 5) is 12.8. The van der Waals surface area contributed by atoms with Gasteiger partial charge in [-0.3, -0.25) is 0 Å². The van der Waals surface area contributed by atoms with Crippen molar-refractivity contribution in [3.05, 3.63) is 29.6 Å². The highest BCUT2D eigenvalue weighted by atomic mass is 19.1. The van der Waals surface area contributed by atoms with Crippen LogP contribution in [0, 0.1) is 17.7 Å². The first-order valence-corrected chi connectivity index (χ1v) is 6.25. The summed E-state index contributed by atoms with van der Waals surface area (Å²) in [6.45, 7) is 5.97. The van der Waals surface area contributed by atoms with Gasteiger partial charge in [0.1, 0.15) is 5.82 Å². The molecule has 2 atom stereocenters. The minimum Gasteiger partial charge on any atom is -0.478 e. The number of nitrogens with zero attached hydrogens (tertiary/aromatic N) is 1. The van der Waals surface area contributed by atoms with Crippen LogP contribution in [0.4, 0.5) is 10.1 Å². The molecule has 98 valence electrons. The lowest BCUT2D eigenvalue weighted by Gasteiger charge is -2.36. The molecule has 2 unspecified atom stereocenters. The van der Waals surface area contributed by atoms with Crippen LogP contribution >= 0.6 is 0 Å². The van der Waals surface area contributed by atoms with Gasteiger partial charge in [0.15, 0.2) is 0 Å². The van der Waals surface area contributed by atoms with E-state index in [0.29, 0.717) is 17.5 Å². The maximum atomic E-state index is 13.9. The van der Waals surface area contributed by atoms with Gasteiger partial charge in [-0.25, -0.2) is 9.18 Å². The standard InChI is InChI=1S/C14H18FNO2/c1-9-5-10(2)8-16(7-9)13-4-3-11(14(17)18)6-12(13)15/h3-4,6,9-10H,5,7-8H2,1-2H3,(H,17,18). The summed E-state index contributed by atoms with van der Waals surface area (Å²) in [5.74, 6) is -0.475. The molecule has 0 spiro atoms. The predicted octanol–water partition coefficient (Wildman–Crippen LogP) is 3.01. The van der Waals surface area contributed by atoms with Crippen LogP contribution in [-0.4, -0.2) is 24.2 Å². The Bertz CT molecular complexity index is 451. The van der Waals surface area contributed by atoms with Crippen LogP contribution in [0.3, 0.4) is 0 Å². The maximum Gasteiger partial charge on any atom is 0.335 e. The number of hydrogen-bond donors (Lipinski definition) is 1. The number of carboxylic acids is 1. The van der Waals surface area contributed by atoms with Gasteiger partial charge < -0.3 is 10.0 Å². The lowest BCUT2D eigenvalue weighted by atomic mass is 9.91. The fourth-order valence-corrected chi connectivity index (χ4v) is 2.76. The number of anilines is 1. The van der Waals surface area contributed by atoms with E-state index < -0.39 is 11.8 Å². The van der Waals surface area contributed by atoms with Gasteiger partial charge in [0.05, 0.1) is 11.3 Å². The van der Waals surface area contributed by atoms with Crippen molar-refractivity contribution in [1.29, 1.82) is 0 Å². The van der Waals surface area contributed by atoms with Crippen molar-refractivity contribution in [3.63, 3.8) is 0 Å². The van der Waals surface area contributed by atoms with Gasteiger partial charge in [0, 0.05) is 13.1 Å². The van der Waals surface area contributed by atoms with Gasteiger partial charge >= 0.3 is 5.97 Å². The summed E-state index contributed by atoms with van der Waals surface area (Å²) in [5.41, 5.74) is 0.507. The van der Waals surface area contributed by atoms with Crippen molar-refractivity contribution in [2.24, 2.45) is 11.8 Å². The third-order valence-corrected chi connectivity index (χ3v) is 3.40. The lowest BCUT2D eigenvalue weighted by Crippen LogP contribution is -2.39. The number of carboxylic acid groups (broad SMARTS) is 1. The van der Waals surface area contributed by atoms with Crippen LogP contribution in [0.15, 0.2) is 18.2 Å². The van der Waals surface area contributed by atoms with Crippen LogP contribution in [-0.2, 0) is 0 Å². The first-order valence-electron chi connectivity index (χ1n) is 6.25. The molecule has 1 aliphatic heterocycles. The molecule has 0 aromatic heterocycles. The number of benzene rings is 1. The average molecular weight is 251 g/mol. The fourth-order valence-electron chi connectivity index (χ4n) is 2.76. The number of halogens is 1. The monoisotopic (exact) mass is 251 g/mol. The Morgan fingerprint density at radius 1 is 1.33 bits per heavy atom. The number of piperidine rings is 1. The molecule has 0 aliphatic carbocycles. The van der Waals surface area contributed by atoms with E-state index in [1.54, 1.807) is 6.07 Å². The number of aromatic carboxylic acids is 1. The van der Waals surface area contributed by atoms with E-state index in [-0.39, 0.29) is 5.56 Å². The van der Waals surface area contributed by atoms with Crippen LogP contribution in [0.2, 0.25) is 0 Å². The minimum atomic E-state index is -1.10. The first-order chi connectivity index (χ1) is 8.47. The average Bonchev–Trinajstić information content (AvgIpc) is 2.27. The zero-order valence-electron chi connectivity index (χ0n) is 10.7. The molecule has 18 heavy (non-hydrogen) atoms. The minimum absolute atomic E-state index is 0.00523. The summed E-state index contributed by atoms with van der Waals surface area (Å²) in [6, 6.07) is 4.13. The molecule has 1 saturated heterocycles. The topological polar surface area (TPSA) is 40.5 Å². The lowest BCUT2D eigenvalue weighted by molar-refractivity contribution is 0.0696. The molecular weight excluding hydrogens is 233 g/mol. The summed E-state index contributed by atoms with van der Waals surface area (Å²) in [7, 11) is 0. The molecule has 0 radical (unpaired) electrons. The van der Waals surface area contributed by atoms with E-state index in [4.69, 9.17) is 5.11 Å². The van der Waals surface area contributed by atoms with Crippen molar-refractivity contribution in [2.75, 3.05) is 18.0 Å². The van der Waals surface area contributed by atoms with Crippen LogP contribution in [0.25, 0.3) is 0 Å². The van der Waals surface area contributed by atoms with Gasteiger partial charge in [0.25, 0.3) is 0 Å². The van der Waals surface area contributed by atoms with Crippen LogP contribution < -0.4 is 4.90 Å². The van der Waals surface area contributed by atoms with Gasteiger partial charge in [-0.15, -0.1) is 0 Å². The Hall–Kier alpha value is -1.58. The van der Waals surface area contributed by atoms with E-state index in [9.17, 15) is 9.18 Å². The predicted molar refractivity (Wildman–Crippen MR) is 68.5 cm³/mol. The molecule has 0 bridgehead atoms. The fraction of sp³-hybridized carbons (Fsp3) is 0.500. The maximum absolute atomic E-state index is 13.9. The molecule has 1 N–H and O–H groups in total. The molecule has 1 fully saturated rings. The molecular formula is C14H18FNO2. The van der Waals surface area contributed by atoms with Gasteiger partial charge in [-0.1, -0.05) is 13.8 Å². The number of hydrogen-bond acceptors (Lipinski definition) is 2. The quantitative estimate of drug-likeness (QED) is 0.878. The molecule has 1 aromatic rings. The Balaban J connectivity index is 2.25. The normalized spacial score (nSPS) is 24.1. The van der Waals surface area contributed by atoms with E-state index >= 15 is 0 Å². The summed E-state index contributed by atoms with van der Waals surface area (Å²) >= 11 is 0. The zero-order chi connectivity index (χ0) is 13.3. The highest BCUT2D eigenvalue weighted by Crippen LogP contribution is 2.28. The molecule has 0 saturated carbocycles. The SMILES string of the molecule is CC1CC(C)CN(c2ccc(C(=O)O)cc2F)C1. The van der Waals surface area contributed by atoms with Crippen LogP contribution in [0.5, 0.6) is 0 Å². The van der Waals surface area contributed by atoms with Crippen molar-refractivity contribution >= 4 is 11.7 Å². The van der Waals surface area contributed by atoms with Gasteiger partial charge in [0.2, 0.25) is 0 Å². The third kappa shape index (κ3) is 2.63. The van der Waals surface area contributed by atoms with Crippen molar-refractivity contribution in [2.45, 2.75) is 20.3 Å². The third-order valence-electron chi connectivity index (χ3n) is 3.40. The van der Waals surface area contributed by atoms with E-state index in [2.05, 4.69) is 13.8 Å². The number of carbonyl (C=O) groups is 1. The largest absolute Gasteiger partial charge is 0.478 e. The van der Waals surface area contributed by atoms with E-state index in [1.165, 1.54) is 6.07 Å². The van der Waals surface area contributed by atoms with E-state index in [0.717, 1.165) is 25.6 Å². The second-order valence-electron chi connectivity index (χ2n) is 5.32. The molecule has 3 nitrogen and oxygen atoms in total. The van der Waals surface area contributed by atoms with Gasteiger partial charge in [-0.2, -0.15) is 0 Å². The molecule has 2 rings (SSSR count). The highest BCUT2D eigenvalue weighted by molar-refractivity contribution is 5.88. The van der Waals surface area contributed by atoms with Crippen LogP contribution in [0.1, 0.15) is 30.6 Å². The Morgan fingerprint density at radius 3 is 2.44 bits per heavy atom. The second kappa shape index (κ2) is 4.96. The first kappa shape index (κ1) is 12.9. The molecule has 1 aromatic carbocycles. The Kier molecular flexibility index (Phi) is 3.55. The molecule has 1 heterocycles.